The van der Waals surface area contributed by atoms with Crippen molar-refractivity contribution in [2.24, 2.45) is 0 Å². The molecule has 0 spiro atoms. The van der Waals surface area contributed by atoms with Crippen LogP contribution in [0.5, 0.6) is 5.75 Å². The van der Waals surface area contributed by atoms with Crippen LogP contribution in [0.1, 0.15) is 12.5 Å². The SMILES string of the molecule is CCN(C(=O)CNS(=O)(=O)c1ccc(OC)cc1C)c1ccccc1. The quantitative estimate of drug-likeness (QED) is 0.820. The van der Waals surface area contributed by atoms with Gasteiger partial charge in [0.1, 0.15) is 5.75 Å². The minimum Gasteiger partial charge on any atom is -0.497 e. The molecule has 7 heteroatoms. The first-order valence-corrected chi connectivity index (χ1v) is 9.37. The smallest absolute Gasteiger partial charge is 0.242 e. The van der Waals surface area contributed by atoms with Gasteiger partial charge in [-0.1, -0.05) is 18.2 Å². The van der Waals surface area contributed by atoms with Gasteiger partial charge in [-0.15, -0.1) is 0 Å². The van der Waals surface area contributed by atoms with Gasteiger partial charge in [-0.25, -0.2) is 13.1 Å². The van der Waals surface area contributed by atoms with Crippen molar-refractivity contribution in [1.29, 1.82) is 0 Å². The Balaban J connectivity index is 2.12. The molecule has 0 aliphatic rings. The molecule has 1 amide bonds. The molecule has 0 atom stereocenters. The molecule has 0 aliphatic carbocycles. The van der Waals surface area contributed by atoms with E-state index in [2.05, 4.69) is 4.72 Å². The Morgan fingerprint density at radius 2 is 1.84 bits per heavy atom. The number of hydrogen-bond acceptors (Lipinski definition) is 4. The monoisotopic (exact) mass is 362 g/mol. The van der Waals surface area contributed by atoms with Gasteiger partial charge in [0.2, 0.25) is 15.9 Å². The maximum Gasteiger partial charge on any atom is 0.242 e. The number of nitrogens with one attached hydrogen (secondary N) is 1. The van der Waals surface area contributed by atoms with Crippen LogP contribution >= 0.6 is 0 Å². The van der Waals surface area contributed by atoms with E-state index in [0.717, 1.165) is 5.69 Å². The Morgan fingerprint density at radius 1 is 1.16 bits per heavy atom. The van der Waals surface area contributed by atoms with E-state index in [1.54, 1.807) is 19.1 Å². The summed E-state index contributed by atoms with van der Waals surface area (Å²) in [5, 5.41) is 0. The van der Waals surface area contributed by atoms with Crippen molar-refractivity contribution in [2.75, 3.05) is 25.1 Å². The number of nitrogens with zero attached hydrogens (tertiary/aromatic N) is 1. The van der Waals surface area contributed by atoms with E-state index in [0.29, 0.717) is 17.9 Å². The van der Waals surface area contributed by atoms with Gasteiger partial charge in [-0.05, 0) is 49.7 Å². The Kier molecular flexibility index (Phi) is 6.17. The van der Waals surface area contributed by atoms with Crippen LogP contribution in [0.3, 0.4) is 0 Å². The van der Waals surface area contributed by atoms with Gasteiger partial charge in [-0.2, -0.15) is 0 Å². The summed E-state index contributed by atoms with van der Waals surface area (Å²) in [5.41, 5.74) is 1.28. The third-order valence-corrected chi connectivity index (χ3v) is 5.33. The van der Waals surface area contributed by atoms with Gasteiger partial charge in [0.15, 0.2) is 0 Å². The highest BCUT2D eigenvalue weighted by Crippen LogP contribution is 2.21. The van der Waals surface area contributed by atoms with Crippen LogP contribution in [0.2, 0.25) is 0 Å². The summed E-state index contributed by atoms with van der Waals surface area (Å²) in [5.74, 6) is 0.261. The van der Waals surface area contributed by atoms with Gasteiger partial charge in [0.25, 0.3) is 0 Å². The molecule has 0 bridgehead atoms. The number of hydrogen-bond donors (Lipinski definition) is 1. The molecule has 0 saturated heterocycles. The minimum atomic E-state index is -3.79. The highest BCUT2D eigenvalue weighted by molar-refractivity contribution is 7.89. The van der Waals surface area contributed by atoms with Gasteiger partial charge < -0.3 is 9.64 Å². The lowest BCUT2D eigenvalue weighted by atomic mass is 10.2. The van der Waals surface area contributed by atoms with Crippen molar-refractivity contribution in [1.82, 2.24) is 4.72 Å². The average Bonchev–Trinajstić information content (AvgIpc) is 2.61. The fourth-order valence-electron chi connectivity index (χ4n) is 2.49. The maximum atomic E-state index is 12.5. The molecule has 2 aromatic rings. The number of benzene rings is 2. The van der Waals surface area contributed by atoms with Gasteiger partial charge in [0.05, 0.1) is 18.6 Å². The molecular formula is C18H22N2O4S. The van der Waals surface area contributed by atoms with Crippen molar-refractivity contribution < 1.29 is 17.9 Å². The standard InChI is InChI=1S/C18H22N2O4S/c1-4-20(15-8-6-5-7-9-15)18(21)13-19-25(22,23)17-11-10-16(24-3)12-14(17)2/h5-12,19H,4,13H2,1-3H3. The third kappa shape index (κ3) is 4.58. The Morgan fingerprint density at radius 3 is 2.40 bits per heavy atom. The van der Waals surface area contributed by atoms with Crippen molar-refractivity contribution in [3.05, 3.63) is 54.1 Å². The number of ether oxygens (including phenoxy) is 1. The zero-order chi connectivity index (χ0) is 18.4. The fourth-order valence-corrected chi connectivity index (χ4v) is 3.69. The predicted octanol–water partition coefficient (Wildman–Crippen LogP) is 2.34. The largest absolute Gasteiger partial charge is 0.497 e. The topological polar surface area (TPSA) is 75.7 Å². The first kappa shape index (κ1) is 19.0. The van der Waals surface area contributed by atoms with Gasteiger partial charge >= 0.3 is 0 Å². The predicted molar refractivity (Wildman–Crippen MR) is 97.4 cm³/mol. The van der Waals surface area contributed by atoms with E-state index in [1.807, 2.05) is 37.3 Å². The second-order valence-electron chi connectivity index (χ2n) is 5.43. The van der Waals surface area contributed by atoms with Crippen LogP contribution < -0.4 is 14.4 Å². The Bertz CT molecular complexity index is 835. The number of sulfonamides is 1. The summed E-state index contributed by atoms with van der Waals surface area (Å²) in [4.78, 5) is 14.1. The Hall–Kier alpha value is -2.38. The van der Waals surface area contributed by atoms with Gasteiger partial charge in [-0.3, -0.25) is 4.79 Å². The van der Waals surface area contributed by atoms with Crippen LogP contribution in [0.25, 0.3) is 0 Å². The molecule has 25 heavy (non-hydrogen) atoms. The van der Waals surface area contributed by atoms with E-state index in [4.69, 9.17) is 4.74 Å². The van der Waals surface area contributed by atoms with E-state index >= 15 is 0 Å². The van der Waals surface area contributed by atoms with Crippen molar-refractivity contribution >= 4 is 21.6 Å². The molecule has 0 aromatic heterocycles. The zero-order valence-corrected chi connectivity index (χ0v) is 15.3. The van der Waals surface area contributed by atoms with Crippen LogP contribution in [-0.4, -0.2) is 34.5 Å². The molecule has 0 radical (unpaired) electrons. The van der Waals surface area contributed by atoms with Crippen molar-refractivity contribution in [3.63, 3.8) is 0 Å². The zero-order valence-electron chi connectivity index (χ0n) is 14.5. The highest BCUT2D eigenvalue weighted by atomic mass is 32.2. The van der Waals surface area contributed by atoms with E-state index in [1.165, 1.54) is 18.1 Å². The van der Waals surface area contributed by atoms with Crippen LogP contribution in [-0.2, 0) is 14.8 Å². The molecule has 6 nitrogen and oxygen atoms in total. The van der Waals surface area contributed by atoms with E-state index in [9.17, 15) is 13.2 Å². The summed E-state index contributed by atoms with van der Waals surface area (Å²) in [6.07, 6.45) is 0. The van der Waals surface area contributed by atoms with Crippen LogP contribution in [0.4, 0.5) is 5.69 Å². The highest BCUT2D eigenvalue weighted by Gasteiger charge is 2.21. The number of aryl methyl sites for hydroxylation is 1. The molecule has 0 unspecified atom stereocenters. The lowest BCUT2D eigenvalue weighted by Crippen LogP contribution is -2.40. The molecule has 0 saturated carbocycles. The number of rotatable bonds is 7. The van der Waals surface area contributed by atoms with E-state index < -0.39 is 10.0 Å². The number of methoxy groups -OCH3 is 1. The summed E-state index contributed by atoms with van der Waals surface area (Å²) in [7, 11) is -2.27. The summed E-state index contributed by atoms with van der Waals surface area (Å²) < 4.78 is 32.4. The molecular weight excluding hydrogens is 340 g/mol. The maximum absolute atomic E-state index is 12.5. The van der Waals surface area contributed by atoms with Gasteiger partial charge in [0, 0.05) is 12.2 Å². The second-order valence-corrected chi connectivity index (χ2v) is 7.16. The molecule has 2 rings (SSSR count). The minimum absolute atomic E-state index is 0.129. The second kappa shape index (κ2) is 8.13. The average molecular weight is 362 g/mol. The Labute approximate surface area is 148 Å². The number of anilines is 1. The number of para-hydroxylation sites is 1. The molecule has 134 valence electrons. The molecule has 1 N–H and O–H groups in total. The summed E-state index contributed by atoms with van der Waals surface area (Å²) in [6, 6.07) is 13.8. The first-order chi connectivity index (χ1) is 11.9. The first-order valence-electron chi connectivity index (χ1n) is 7.88. The number of carbonyl (C=O) groups excluding carboxylic acids is 1. The lowest BCUT2D eigenvalue weighted by Gasteiger charge is -2.21. The molecule has 2 aromatic carbocycles. The van der Waals surface area contributed by atoms with Crippen LogP contribution in [0.15, 0.2) is 53.4 Å². The summed E-state index contributed by atoms with van der Waals surface area (Å²) >= 11 is 0. The number of likely N-dealkylation sites (N-methyl/N-ethyl adjacent to an activating group) is 1. The normalized spacial score (nSPS) is 11.2. The third-order valence-electron chi connectivity index (χ3n) is 3.77. The number of amides is 1. The van der Waals surface area contributed by atoms with E-state index in [-0.39, 0.29) is 17.3 Å². The molecule has 0 aliphatic heterocycles. The molecule has 0 heterocycles. The number of carbonyl (C=O) groups is 1. The summed E-state index contributed by atoms with van der Waals surface area (Å²) in [6.45, 7) is 3.66. The fraction of sp³-hybridized carbons (Fsp3) is 0.278. The lowest BCUT2D eigenvalue weighted by molar-refractivity contribution is -0.117. The van der Waals surface area contributed by atoms with Crippen LogP contribution in [0, 0.1) is 6.92 Å². The van der Waals surface area contributed by atoms with Crippen molar-refractivity contribution in [2.45, 2.75) is 18.7 Å². The molecule has 0 fully saturated rings. The van der Waals surface area contributed by atoms with Crippen molar-refractivity contribution in [3.8, 4) is 5.75 Å².